The number of aromatic nitrogens is 18. The van der Waals surface area contributed by atoms with Gasteiger partial charge in [-0.1, -0.05) is 67.7 Å². The molecule has 0 N–H and O–H groups in total. The fourth-order valence-corrected chi connectivity index (χ4v) is 13.0. The second-order valence-electron chi connectivity index (χ2n) is 23.7. The first-order chi connectivity index (χ1) is 49.5. The van der Waals surface area contributed by atoms with Gasteiger partial charge in [-0.15, -0.1) is 128 Å². The Morgan fingerprint density at radius 3 is 1.36 bits per heavy atom. The third kappa shape index (κ3) is 18.4. The van der Waals surface area contributed by atoms with E-state index in [4.69, 9.17) is 39.6 Å². The number of fused-ring (bicyclic) bond motifs is 5. The van der Waals surface area contributed by atoms with E-state index in [9.17, 15) is 0 Å². The van der Waals surface area contributed by atoms with Crippen molar-refractivity contribution in [3.8, 4) is 73.3 Å². The molecule has 0 atom stereocenters. The van der Waals surface area contributed by atoms with Crippen LogP contribution >= 0.6 is 11.3 Å². The van der Waals surface area contributed by atoms with Crippen LogP contribution in [0.25, 0.3) is 138 Å². The summed E-state index contributed by atoms with van der Waals surface area (Å²) in [5, 5.41) is 42.2. The molecule has 10 aromatic heterocycles. The molecule has 10 heterocycles. The largest absolute Gasteiger partial charge is 0.488 e. The van der Waals surface area contributed by atoms with Crippen LogP contribution in [0.1, 0.15) is 35.0 Å². The molecule has 18 rings (SSSR count). The van der Waals surface area contributed by atoms with Crippen molar-refractivity contribution in [2.24, 2.45) is 0 Å². The molecule has 5 radical (unpaired) electrons. The van der Waals surface area contributed by atoms with E-state index >= 15 is 0 Å². The first-order valence-corrected chi connectivity index (χ1v) is 35.6. The molecule has 0 spiro atoms. The van der Waals surface area contributed by atoms with Crippen LogP contribution in [-0.4, -0.2) is 97.7 Å². The zero-order valence-corrected chi connectivity index (χ0v) is 71.3. The van der Waals surface area contributed by atoms with Crippen LogP contribution in [-0.2, 0) is 101 Å². The minimum absolute atomic E-state index is 0. The Morgan fingerprint density at radius 2 is 0.860 bits per heavy atom. The molecule has 545 valence electrons. The van der Waals surface area contributed by atoms with Crippen molar-refractivity contribution in [1.82, 2.24) is 89.6 Å². The van der Waals surface area contributed by atoms with Gasteiger partial charge in [0, 0.05) is 180 Å². The number of para-hydroxylation sites is 1. The molecular weight excluding hydrogens is 2290 g/mol. The molecule has 0 saturated carbocycles. The maximum absolute atomic E-state index is 7.20. The van der Waals surface area contributed by atoms with Crippen LogP contribution in [0.4, 0.5) is 11.4 Å². The maximum Gasteiger partial charge on any atom is 0.192 e. The second-order valence-corrected chi connectivity index (χ2v) is 29.6. The smallest absolute Gasteiger partial charge is 0.192 e. The van der Waals surface area contributed by atoms with Crippen LogP contribution in [0, 0.1) is 85.0 Å². The van der Waals surface area contributed by atoms with E-state index in [-0.39, 0.29) is 101 Å². The third-order valence-electron chi connectivity index (χ3n) is 15.4. The molecule has 0 aliphatic carbocycles. The first kappa shape index (κ1) is 80.8. The summed E-state index contributed by atoms with van der Waals surface area (Å²) >= 11 is 1.48. The zero-order valence-electron chi connectivity index (χ0n) is 57.5. The molecule has 0 amide bonds. The summed E-state index contributed by atoms with van der Waals surface area (Å²) in [5.74, 6) is 5.60. The van der Waals surface area contributed by atoms with Crippen molar-refractivity contribution >= 4 is 91.5 Å². The molecule has 0 aliphatic heterocycles. The monoisotopic (exact) mass is 2340 g/mol. The first-order valence-electron chi connectivity index (χ1n) is 31.2. The number of rotatable bonds is 9. The van der Waals surface area contributed by atoms with Gasteiger partial charge in [-0.2, -0.15) is 41.9 Å². The number of oxazole rings is 5. The van der Waals surface area contributed by atoms with E-state index in [1.165, 1.54) is 34.8 Å². The van der Waals surface area contributed by atoms with E-state index in [1.54, 1.807) is 79.0 Å². The molecule has 0 unspecified atom stereocenters. The van der Waals surface area contributed by atoms with Gasteiger partial charge in [0.1, 0.15) is 19.0 Å². The number of hydrogen-bond acceptors (Lipinski definition) is 22. The number of nitrogens with zero attached hydrogens (tertiary/aromatic N) is 20. The quantitative estimate of drug-likeness (QED) is 0.0957. The summed E-state index contributed by atoms with van der Waals surface area (Å²) in [6, 6.07) is 55.5. The molecule has 0 fully saturated rings. The Morgan fingerprint density at radius 1 is 0.411 bits per heavy atom. The molecule has 0 bridgehead atoms. The molecule has 107 heavy (non-hydrogen) atoms. The number of benzene rings is 8. The van der Waals surface area contributed by atoms with Crippen LogP contribution in [0.3, 0.4) is 0 Å². The Labute approximate surface area is 682 Å². The Bertz CT molecular complexity index is 6000. The van der Waals surface area contributed by atoms with Gasteiger partial charge in [0.15, 0.2) is 53.1 Å². The van der Waals surface area contributed by atoms with Crippen LogP contribution in [0.2, 0.25) is 19.6 Å². The van der Waals surface area contributed by atoms with Crippen molar-refractivity contribution in [3.63, 3.8) is 0 Å². The Hall–Kier alpha value is -10.3. The van der Waals surface area contributed by atoms with Crippen molar-refractivity contribution in [2.45, 2.75) is 61.2 Å². The van der Waals surface area contributed by atoms with E-state index in [1.807, 2.05) is 78.4 Å². The second kappa shape index (κ2) is 35.4. The van der Waals surface area contributed by atoms with Crippen LogP contribution < -0.4 is 5.19 Å². The van der Waals surface area contributed by atoms with E-state index in [0.717, 1.165) is 83.5 Å². The molecule has 18 aromatic rings. The predicted molar refractivity (Wildman–Crippen MR) is 381 cm³/mol. The molecule has 26 nitrogen and oxygen atoms in total. The predicted octanol–water partition coefficient (Wildman–Crippen LogP) is 15.9. The fraction of sp³-hybridized carbons (Fsp3) is 0.122. The summed E-state index contributed by atoms with van der Waals surface area (Å²) in [4.78, 5) is 28.3. The number of aryl methyl sites for hydroxylation is 6. The van der Waals surface area contributed by atoms with Gasteiger partial charge in [-0.3, -0.25) is 4.98 Å². The molecular formula is C74H53Ir5N20O6SSi-5. The topological polar surface area (TPSA) is 296 Å². The van der Waals surface area contributed by atoms with Crippen LogP contribution in [0.5, 0.6) is 0 Å². The zero-order chi connectivity index (χ0) is 70.6. The maximum atomic E-state index is 7.20. The summed E-state index contributed by atoms with van der Waals surface area (Å²) in [6.45, 7) is 32.6. The third-order valence-corrected chi connectivity index (χ3v) is 18.1. The van der Waals surface area contributed by atoms with Gasteiger partial charge in [0.2, 0.25) is 0 Å². The molecule has 8 aromatic carbocycles. The summed E-state index contributed by atoms with van der Waals surface area (Å²) in [7, 11) is -1.51. The Kier molecular flexibility index (Phi) is 26.7. The van der Waals surface area contributed by atoms with Crippen molar-refractivity contribution in [2.75, 3.05) is 0 Å². The van der Waals surface area contributed by atoms with Gasteiger partial charge < -0.3 is 40.2 Å². The SMILES string of the molecule is Cc1cccc(-n2cnnc2-c2[c-]cc3nc(C)oc3c2)c1.Cc1nc2cc(-c3nncn3-c3ccccc3[Si](C)(C)C)[c-]cc2o1.Cc1nc2cc(-c3nnco3)[c-]cc2o1.Cc1nc2cc(-c3nncs3)[c-]cc2o1.[C-]#[N+]c1cc([N+]#[C-])cc(-n2cnnc2-c2[c-]cc3oc(C)nc3c2)c1.[Ir].[Ir].[Ir].[Ir].[Ir]. The van der Waals surface area contributed by atoms with Gasteiger partial charge >= 0.3 is 0 Å². The van der Waals surface area contributed by atoms with Gasteiger partial charge in [-0.05, 0) is 48.0 Å². The fourth-order valence-electron chi connectivity index (χ4n) is 10.9. The minimum atomic E-state index is -1.51. The van der Waals surface area contributed by atoms with Crippen molar-refractivity contribution in [1.29, 1.82) is 0 Å². The van der Waals surface area contributed by atoms with E-state index < -0.39 is 8.07 Å². The summed E-state index contributed by atoms with van der Waals surface area (Å²) in [5.41, 5.74) is 17.9. The van der Waals surface area contributed by atoms with E-state index in [0.29, 0.717) is 86.0 Å². The van der Waals surface area contributed by atoms with Crippen LogP contribution in [0.15, 0.2) is 185 Å². The summed E-state index contributed by atoms with van der Waals surface area (Å²) < 4.78 is 38.0. The molecule has 33 heteroatoms. The van der Waals surface area contributed by atoms with Crippen molar-refractivity contribution in [3.05, 3.63) is 246 Å². The van der Waals surface area contributed by atoms with Gasteiger partial charge in [0.25, 0.3) is 0 Å². The van der Waals surface area contributed by atoms with Gasteiger partial charge in [-0.25, -0.2) is 29.6 Å². The standard InChI is InChI=1S/C19H19N4OSi.C18H9N6O.C17H13N4O.C10H6N3O2.C10H6N3OS.5Ir/c1-13-21-15-11-14(9-10-17(15)24-13)19-22-20-12-23(19)16-7-5-6-8-18(16)25(2,3)4;1-11-22-16-6-12(4-5-17(16)25-11)18-23-21-10-24(18)15-8-13(19-2)7-14(9-15)20-3;1-11-4-3-5-14(8-11)21-10-18-20-17(21)13-6-7-15-16(9-13)22-12(2)19-15;1-6-12-8-4-7(2-3-9(8)15-6)10-13-11-5-14-10;1-6-12-8-4-7(2-3-9(8)14-6)10-13-11-5-15-10;;;;;/h5-8,10-12H,1-4H3;5-10H,1H3;3-5,7-10H,1-2H3;2*3-5H,1H3;;;;;/q5*-1;;;;;. The molecule has 0 saturated heterocycles. The summed E-state index contributed by atoms with van der Waals surface area (Å²) in [6.07, 6.45) is 6.29. The Balaban J connectivity index is 0.000000155. The molecule has 0 aliphatic rings. The number of hydrogen-bond donors (Lipinski definition) is 0. The minimum Gasteiger partial charge on any atom is -0.488 e. The van der Waals surface area contributed by atoms with E-state index in [2.05, 4.69) is 179 Å². The average Bonchev–Trinajstić information content (AvgIpc) is 1.66. The van der Waals surface area contributed by atoms with Gasteiger partial charge in [0.05, 0.1) is 77.1 Å². The normalized spacial score (nSPS) is 10.6. The van der Waals surface area contributed by atoms with Crippen molar-refractivity contribution < 1.29 is 127 Å². The average molecular weight is 2340 g/mol.